The third-order valence-corrected chi connectivity index (χ3v) is 3.36. The SMILES string of the molecule is Clc1cc(-c2c(Cl)cccc2Cl)cnc1Cl. The molecule has 0 fully saturated rings. The van der Waals surface area contributed by atoms with E-state index in [1.54, 1.807) is 30.5 Å². The van der Waals surface area contributed by atoms with Crippen LogP contribution in [0.3, 0.4) is 0 Å². The van der Waals surface area contributed by atoms with E-state index in [2.05, 4.69) is 4.98 Å². The molecule has 0 aliphatic rings. The Kier molecular flexibility index (Phi) is 3.60. The van der Waals surface area contributed by atoms with Crippen molar-refractivity contribution in [1.82, 2.24) is 4.98 Å². The minimum Gasteiger partial charge on any atom is -0.242 e. The van der Waals surface area contributed by atoms with E-state index in [4.69, 9.17) is 46.4 Å². The highest BCUT2D eigenvalue weighted by molar-refractivity contribution is 6.42. The Labute approximate surface area is 113 Å². The van der Waals surface area contributed by atoms with E-state index < -0.39 is 0 Å². The van der Waals surface area contributed by atoms with E-state index in [0.717, 1.165) is 5.56 Å². The van der Waals surface area contributed by atoms with Crippen LogP contribution in [0.5, 0.6) is 0 Å². The molecule has 0 saturated carbocycles. The average molecular weight is 293 g/mol. The summed E-state index contributed by atoms with van der Waals surface area (Å²) in [5.74, 6) is 0. The molecule has 0 spiro atoms. The molecule has 2 rings (SSSR count). The van der Waals surface area contributed by atoms with Crippen LogP contribution in [0.2, 0.25) is 20.2 Å². The molecular weight excluding hydrogens is 288 g/mol. The van der Waals surface area contributed by atoms with Gasteiger partial charge in [-0.25, -0.2) is 4.98 Å². The summed E-state index contributed by atoms with van der Waals surface area (Å²) in [6, 6.07) is 6.97. The maximum Gasteiger partial charge on any atom is 0.147 e. The minimum atomic E-state index is 0.258. The van der Waals surface area contributed by atoms with Crippen LogP contribution in [-0.4, -0.2) is 4.98 Å². The van der Waals surface area contributed by atoms with Gasteiger partial charge in [-0.15, -0.1) is 0 Å². The summed E-state index contributed by atoms with van der Waals surface area (Å²) in [6.45, 7) is 0. The quantitative estimate of drug-likeness (QED) is 0.645. The molecule has 1 aromatic carbocycles. The van der Waals surface area contributed by atoms with Crippen molar-refractivity contribution >= 4 is 46.4 Å². The van der Waals surface area contributed by atoms with E-state index >= 15 is 0 Å². The minimum absolute atomic E-state index is 0.258. The van der Waals surface area contributed by atoms with Crippen molar-refractivity contribution in [2.24, 2.45) is 0 Å². The standard InChI is InChI=1S/C11H5Cl4N/c12-7-2-1-3-8(13)10(7)6-4-9(14)11(15)16-5-6/h1-5H. The summed E-state index contributed by atoms with van der Waals surface area (Å²) in [4.78, 5) is 3.95. The van der Waals surface area contributed by atoms with E-state index in [0.29, 0.717) is 20.6 Å². The van der Waals surface area contributed by atoms with Crippen LogP contribution >= 0.6 is 46.4 Å². The summed E-state index contributed by atoms with van der Waals surface area (Å²) in [6.07, 6.45) is 1.58. The topological polar surface area (TPSA) is 12.9 Å². The summed E-state index contributed by atoms with van der Waals surface area (Å²) in [7, 11) is 0. The Morgan fingerprint density at radius 2 is 1.50 bits per heavy atom. The zero-order valence-electron chi connectivity index (χ0n) is 7.85. The molecule has 0 N–H and O–H groups in total. The molecule has 0 atom stereocenters. The Hall–Kier alpha value is -0.470. The molecule has 0 aliphatic carbocycles. The molecule has 0 saturated heterocycles. The Balaban J connectivity index is 2.63. The van der Waals surface area contributed by atoms with Gasteiger partial charge in [0.1, 0.15) is 5.15 Å². The number of halogens is 4. The molecule has 1 aromatic heterocycles. The van der Waals surface area contributed by atoms with Gasteiger partial charge in [-0.2, -0.15) is 0 Å². The van der Waals surface area contributed by atoms with Gasteiger partial charge in [0.25, 0.3) is 0 Å². The van der Waals surface area contributed by atoms with Crippen LogP contribution in [-0.2, 0) is 0 Å². The predicted molar refractivity (Wildman–Crippen MR) is 69.7 cm³/mol. The van der Waals surface area contributed by atoms with Gasteiger partial charge in [-0.05, 0) is 18.2 Å². The molecule has 0 amide bonds. The number of hydrogen-bond acceptors (Lipinski definition) is 1. The van der Waals surface area contributed by atoms with E-state index in [-0.39, 0.29) is 5.15 Å². The van der Waals surface area contributed by atoms with Crippen LogP contribution in [0.15, 0.2) is 30.5 Å². The first-order valence-corrected chi connectivity index (χ1v) is 5.86. The van der Waals surface area contributed by atoms with Crippen molar-refractivity contribution in [3.8, 4) is 11.1 Å². The smallest absolute Gasteiger partial charge is 0.147 e. The summed E-state index contributed by atoms with van der Waals surface area (Å²) >= 11 is 23.8. The zero-order valence-corrected chi connectivity index (χ0v) is 10.9. The zero-order chi connectivity index (χ0) is 11.7. The molecule has 16 heavy (non-hydrogen) atoms. The molecule has 0 radical (unpaired) electrons. The first-order valence-electron chi connectivity index (χ1n) is 4.35. The number of hydrogen-bond donors (Lipinski definition) is 0. The van der Waals surface area contributed by atoms with Gasteiger partial charge in [0.15, 0.2) is 0 Å². The third kappa shape index (κ3) is 2.28. The van der Waals surface area contributed by atoms with E-state index in [1.807, 2.05) is 0 Å². The lowest BCUT2D eigenvalue weighted by atomic mass is 10.1. The Morgan fingerprint density at radius 1 is 0.875 bits per heavy atom. The Morgan fingerprint density at radius 3 is 2.06 bits per heavy atom. The number of aromatic nitrogens is 1. The van der Waals surface area contributed by atoms with Gasteiger partial charge in [-0.1, -0.05) is 52.5 Å². The molecular formula is C11H5Cl4N. The number of pyridine rings is 1. The largest absolute Gasteiger partial charge is 0.242 e. The lowest BCUT2D eigenvalue weighted by molar-refractivity contribution is 1.33. The van der Waals surface area contributed by atoms with Gasteiger partial charge in [0, 0.05) is 27.4 Å². The normalized spacial score (nSPS) is 10.5. The third-order valence-electron chi connectivity index (χ3n) is 2.05. The molecule has 2 aromatic rings. The Bertz CT molecular complexity index is 519. The predicted octanol–water partition coefficient (Wildman–Crippen LogP) is 5.36. The molecule has 5 heteroatoms. The number of rotatable bonds is 1. The highest BCUT2D eigenvalue weighted by atomic mass is 35.5. The van der Waals surface area contributed by atoms with Crippen molar-refractivity contribution in [2.45, 2.75) is 0 Å². The summed E-state index contributed by atoms with van der Waals surface area (Å²) in [5.41, 5.74) is 1.45. The van der Waals surface area contributed by atoms with E-state index in [9.17, 15) is 0 Å². The van der Waals surface area contributed by atoms with Crippen LogP contribution < -0.4 is 0 Å². The van der Waals surface area contributed by atoms with Gasteiger partial charge in [0.2, 0.25) is 0 Å². The maximum atomic E-state index is 6.07. The maximum absolute atomic E-state index is 6.07. The van der Waals surface area contributed by atoms with Crippen molar-refractivity contribution < 1.29 is 0 Å². The number of nitrogens with zero attached hydrogens (tertiary/aromatic N) is 1. The first kappa shape index (κ1) is 12.0. The fourth-order valence-electron chi connectivity index (χ4n) is 1.33. The van der Waals surface area contributed by atoms with Gasteiger partial charge in [0.05, 0.1) is 5.02 Å². The molecule has 0 bridgehead atoms. The van der Waals surface area contributed by atoms with Crippen molar-refractivity contribution in [2.75, 3.05) is 0 Å². The molecule has 0 aliphatic heterocycles. The first-order chi connectivity index (χ1) is 7.59. The lowest BCUT2D eigenvalue weighted by Crippen LogP contribution is -1.84. The molecule has 82 valence electrons. The molecule has 1 nitrogen and oxygen atoms in total. The highest BCUT2D eigenvalue weighted by Gasteiger charge is 2.10. The van der Waals surface area contributed by atoms with Crippen LogP contribution in [0.4, 0.5) is 0 Å². The fraction of sp³-hybridized carbons (Fsp3) is 0. The second-order valence-corrected chi connectivity index (χ2v) is 4.67. The lowest BCUT2D eigenvalue weighted by Gasteiger charge is -2.07. The summed E-state index contributed by atoms with van der Waals surface area (Å²) < 4.78 is 0. The van der Waals surface area contributed by atoms with Crippen molar-refractivity contribution in [3.63, 3.8) is 0 Å². The van der Waals surface area contributed by atoms with E-state index in [1.165, 1.54) is 0 Å². The van der Waals surface area contributed by atoms with Crippen molar-refractivity contribution in [3.05, 3.63) is 50.7 Å². The second kappa shape index (κ2) is 4.80. The molecule has 1 heterocycles. The monoisotopic (exact) mass is 291 g/mol. The molecule has 0 unspecified atom stereocenters. The van der Waals surface area contributed by atoms with Crippen LogP contribution in [0.1, 0.15) is 0 Å². The van der Waals surface area contributed by atoms with Crippen molar-refractivity contribution in [1.29, 1.82) is 0 Å². The fourth-order valence-corrected chi connectivity index (χ4v) is 2.22. The second-order valence-electron chi connectivity index (χ2n) is 3.09. The van der Waals surface area contributed by atoms with Gasteiger partial charge >= 0.3 is 0 Å². The average Bonchev–Trinajstić information content (AvgIpc) is 2.23. The van der Waals surface area contributed by atoms with Gasteiger partial charge < -0.3 is 0 Å². The number of benzene rings is 1. The van der Waals surface area contributed by atoms with Crippen LogP contribution in [0.25, 0.3) is 11.1 Å². The van der Waals surface area contributed by atoms with Crippen LogP contribution in [0, 0.1) is 0 Å². The summed E-state index contributed by atoms with van der Waals surface area (Å²) in [5, 5.41) is 1.73. The highest BCUT2D eigenvalue weighted by Crippen LogP contribution is 2.36. The van der Waals surface area contributed by atoms with Gasteiger partial charge in [-0.3, -0.25) is 0 Å².